The van der Waals surface area contributed by atoms with E-state index in [0.29, 0.717) is 6.61 Å². The van der Waals surface area contributed by atoms with Crippen LogP contribution in [-0.2, 0) is 11.8 Å². The molecule has 0 aliphatic carbocycles. The number of ether oxygens (including phenoxy) is 3. The van der Waals surface area contributed by atoms with Crippen LogP contribution in [0.25, 0.3) is 10.9 Å². The van der Waals surface area contributed by atoms with E-state index < -0.39 is 0 Å². The summed E-state index contributed by atoms with van der Waals surface area (Å²) in [5.41, 5.74) is 1.09. The third-order valence-corrected chi connectivity index (χ3v) is 4.70. The summed E-state index contributed by atoms with van der Waals surface area (Å²) in [6.07, 6.45) is 3.05. The molecule has 2 aromatic rings. The lowest BCUT2D eigenvalue weighted by Crippen LogP contribution is -2.34. The number of fused-ring (bicyclic) bond motifs is 1. The van der Waals surface area contributed by atoms with Gasteiger partial charge in [-0.2, -0.15) is 0 Å². The van der Waals surface area contributed by atoms with Crippen LogP contribution in [0.15, 0.2) is 17.2 Å². The molecular weight excluding hydrogens is 300 g/mol. The molecule has 0 spiro atoms. The van der Waals surface area contributed by atoms with Crippen molar-refractivity contribution in [3.63, 3.8) is 0 Å². The molecule has 0 bridgehead atoms. The zero-order valence-electron chi connectivity index (χ0n) is 13.4. The summed E-state index contributed by atoms with van der Waals surface area (Å²) in [5, 5.41) is 2.08. The highest BCUT2D eigenvalue weighted by molar-refractivity contribution is 7.98. The molecule has 1 aromatic heterocycles. The molecule has 1 aromatic carbocycles. The summed E-state index contributed by atoms with van der Waals surface area (Å²) in [5.74, 6) is 2.47. The van der Waals surface area contributed by atoms with Gasteiger partial charge in [-0.1, -0.05) is 11.8 Å². The van der Waals surface area contributed by atoms with Gasteiger partial charge in [0.1, 0.15) is 11.6 Å². The molecule has 0 radical (unpaired) electrons. The number of rotatable bonds is 4. The van der Waals surface area contributed by atoms with Gasteiger partial charge >= 0.3 is 0 Å². The van der Waals surface area contributed by atoms with E-state index in [0.717, 1.165) is 46.3 Å². The second kappa shape index (κ2) is 6.30. The van der Waals surface area contributed by atoms with Gasteiger partial charge in [0.25, 0.3) is 5.82 Å². The molecule has 6 heteroatoms. The van der Waals surface area contributed by atoms with Crippen molar-refractivity contribution < 1.29 is 18.8 Å². The normalized spacial score (nSPS) is 17.9. The lowest BCUT2D eigenvalue weighted by atomic mass is 10.2. The molecule has 118 valence electrons. The highest BCUT2D eigenvalue weighted by Crippen LogP contribution is 2.35. The van der Waals surface area contributed by atoms with Crippen LogP contribution >= 0.6 is 11.8 Å². The van der Waals surface area contributed by atoms with Gasteiger partial charge in [-0.3, -0.25) is 0 Å². The van der Waals surface area contributed by atoms with Crippen molar-refractivity contribution in [3.05, 3.63) is 18.0 Å². The van der Waals surface area contributed by atoms with Crippen LogP contribution in [-0.4, -0.2) is 37.7 Å². The van der Waals surface area contributed by atoms with Crippen LogP contribution in [0.4, 0.5) is 0 Å². The highest BCUT2D eigenvalue weighted by Gasteiger charge is 2.23. The van der Waals surface area contributed by atoms with Crippen LogP contribution in [0.1, 0.15) is 12.2 Å². The first-order chi connectivity index (χ1) is 10.6. The van der Waals surface area contributed by atoms with E-state index in [-0.39, 0.29) is 6.10 Å². The van der Waals surface area contributed by atoms with E-state index in [9.17, 15) is 0 Å². The fourth-order valence-electron chi connectivity index (χ4n) is 2.65. The maximum absolute atomic E-state index is 6.08. The van der Waals surface area contributed by atoms with E-state index in [1.807, 2.05) is 32.4 Å². The molecular formula is C16H21N2O3S+. The lowest BCUT2D eigenvalue weighted by molar-refractivity contribution is -0.655. The monoisotopic (exact) mass is 321 g/mol. The standard InChI is InChI=1S/C16H21N2O3S/c1-10-17-16(22-4)12-7-15(21-11-5-6-20-9-11)14(19-3)8-13(12)18(10)2/h7-8,11H,5-6,9H2,1-4H3/q+1. The number of thioether (sulfide) groups is 1. The summed E-state index contributed by atoms with van der Waals surface area (Å²) in [7, 11) is 3.68. The first-order valence-corrected chi connectivity index (χ1v) is 8.53. The van der Waals surface area contributed by atoms with Crippen molar-refractivity contribution in [2.24, 2.45) is 7.05 Å². The molecule has 1 aliphatic rings. The first-order valence-electron chi connectivity index (χ1n) is 7.30. The van der Waals surface area contributed by atoms with E-state index >= 15 is 0 Å². The molecule has 22 heavy (non-hydrogen) atoms. The van der Waals surface area contributed by atoms with Gasteiger partial charge in [0.2, 0.25) is 5.03 Å². The summed E-state index contributed by atoms with van der Waals surface area (Å²) in [6, 6.07) is 4.06. The molecule has 1 aliphatic heterocycles. The minimum absolute atomic E-state index is 0.0937. The van der Waals surface area contributed by atoms with Crippen molar-refractivity contribution in [3.8, 4) is 11.5 Å². The Morgan fingerprint density at radius 3 is 2.82 bits per heavy atom. The molecule has 1 atom stereocenters. The number of aryl methyl sites for hydroxylation is 2. The maximum atomic E-state index is 6.08. The predicted molar refractivity (Wildman–Crippen MR) is 85.8 cm³/mol. The van der Waals surface area contributed by atoms with Crippen LogP contribution in [0.5, 0.6) is 11.5 Å². The molecule has 5 nitrogen and oxygen atoms in total. The zero-order chi connectivity index (χ0) is 15.7. The summed E-state index contributed by atoms with van der Waals surface area (Å²) >= 11 is 1.64. The Morgan fingerprint density at radius 1 is 1.36 bits per heavy atom. The number of methoxy groups -OCH3 is 1. The van der Waals surface area contributed by atoms with Crippen molar-refractivity contribution >= 4 is 22.7 Å². The minimum atomic E-state index is 0.0937. The summed E-state index contributed by atoms with van der Waals surface area (Å²) < 4.78 is 19.1. The quantitative estimate of drug-likeness (QED) is 0.491. The Kier molecular flexibility index (Phi) is 4.40. The average molecular weight is 321 g/mol. The first kappa shape index (κ1) is 15.4. The lowest BCUT2D eigenvalue weighted by Gasteiger charge is -2.16. The van der Waals surface area contributed by atoms with E-state index in [1.54, 1.807) is 18.9 Å². The average Bonchev–Trinajstić information content (AvgIpc) is 3.03. The molecule has 1 fully saturated rings. The van der Waals surface area contributed by atoms with Gasteiger partial charge in [-0.25, -0.2) is 4.57 Å². The summed E-state index contributed by atoms with van der Waals surface area (Å²) in [4.78, 5) is 4.65. The number of hydrogen-bond donors (Lipinski definition) is 0. The van der Waals surface area contributed by atoms with Gasteiger partial charge in [0.15, 0.2) is 11.5 Å². The van der Waals surface area contributed by atoms with Crippen molar-refractivity contribution in [2.75, 3.05) is 26.6 Å². The molecule has 0 amide bonds. The Labute approximate surface area is 134 Å². The zero-order valence-corrected chi connectivity index (χ0v) is 14.2. The van der Waals surface area contributed by atoms with Gasteiger partial charge in [0.05, 0.1) is 32.8 Å². The topological polar surface area (TPSA) is 44.5 Å². The van der Waals surface area contributed by atoms with Crippen LogP contribution in [0.2, 0.25) is 0 Å². The Bertz CT molecular complexity index is 700. The third-order valence-electron chi connectivity index (χ3n) is 4.00. The number of aromatic nitrogens is 2. The maximum Gasteiger partial charge on any atom is 0.296 e. The summed E-state index contributed by atoms with van der Waals surface area (Å²) in [6.45, 7) is 3.40. The van der Waals surface area contributed by atoms with Gasteiger partial charge in [-0.05, 0) is 11.2 Å². The SMILES string of the molecule is COc1cc2c(cc1OC1CCOC1)c(SC)nc(C)[n+]2C. The molecule has 1 unspecified atom stereocenters. The Balaban J connectivity index is 2.13. The second-order valence-electron chi connectivity index (χ2n) is 5.35. The smallest absolute Gasteiger partial charge is 0.296 e. The van der Waals surface area contributed by atoms with Gasteiger partial charge in [0, 0.05) is 25.5 Å². The highest BCUT2D eigenvalue weighted by atomic mass is 32.2. The molecule has 0 N–H and O–H groups in total. The molecule has 1 saturated heterocycles. The van der Waals surface area contributed by atoms with Crippen LogP contribution in [0, 0.1) is 6.92 Å². The van der Waals surface area contributed by atoms with Crippen molar-refractivity contribution in [2.45, 2.75) is 24.5 Å². The molecule has 3 rings (SSSR count). The number of benzene rings is 1. The number of nitrogens with zero attached hydrogens (tertiary/aromatic N) is 2. The predicted octanol–water partition coefficient (Wildman–Crippen LogP) is 2.27. The van der Waals surface area contributed by atoms with E-state index in [2.05, 4.69) is 9.55 Å². The number of hydrogen-bond acceptors (Lipinski definition) is 5. The van der Waals surface area contributed by atoms with Gasteiger partial charge in [-0.15, -0.1) is 0 Å². The van der Waals surface area contributed by atoms with Crippen molar-refractivity contribution in [1.82, 2.24) is 4.98 Å². The molecule has 0 saturated carbocycles. The van der Waals surface area contributed by atoms with E-state index in [4.69, 9.17) is 14.2 Å². The largest absolute Gasteiger partial charge is 0.493 e. The van der Waals surface area contributed by atoms with Crippen LogP contribution in [0.3, 0.4) is 0 Å². The third kappa shape index (κ3) is 2.73. The Hall–Kier alpha value is -1.53. The minimum Gasteiger partial charge on any atom is -0.493 e. The van der Waals surface area contributed by atoms with Gasteiger partial charge < -0.3 is 14.2 Å². The van der Waals surface area contributed by atoms with E-state index in [1.165, 1.54) is 0 Å². The molecule has 2 heterocycles. The fourth-order valence-corrected chi connectivity index (χ4v) is 3.25. The Morgan fingerprint density at radius 2 is 2.18 bits per heavy atom. The van der Waals surface area contributed by atoms with Crippen molar-refractivity contribution in [1.29, 1.82) is 0 Å². The second-order valence-corrected chi connectivity index (χ2v) is 6.15. The van der Waals surface area contributed by atoms with Crippen LogP contribution < -0.4 is 14.0 Å². The fraction of sp³-hybridized carbons (Fsp3) is 0.500.